The van der Waals surface area contributed by atoms with Gasteiger partial charge >= 0.3 is 0 Å². The van der Waals surface area contributed by atoms with Crippen LogP contribution in [0.1, 0.15) is 17.7 Å². The molecule has 1 aromatic heterocycles. The van der Waals surface area contributed by atoms with Crippen molar-refractivity contribution >= 4 is 17.2 Å². The smallest absolute Gasteiger partial charge is 0.232 e. The van der Waals surface area contributed by atoms with Crippen molar-refractivity contribution in [2.24, 2.45) is 5.41 Å². The van der Waals surface area contributed by atoms with Crippen LogP contribution in [0.2, 0.25) is 0 Å². The van der Waals surface area contributed by atoms with Gasteiger partial charge in [0, 0.05) is 24.2 Å². The second-order valence-electron chi connectivity index (χ2n) is 4.69. The van der Waals surface area contributed by atoms with Gasteiger partial charge in [-0.3, -0.25) is 9.78 Å². The Labute approximate surface area is 98.7 Å². The van der Waals surface area contributed by atoms with Crippen LogP contribution < -0.4 is 5.32 Å². The Hall–Kier alpha value is -0.940. The SMILES string of the molecule is O=C1N(Cc2cncs2)CC12CCCNC2. The molecule has 3 rings (SSSR count). The van der Waals surface area contributed by atoms with Gasteiger partial charge in [-0.15, -0.1) is 11.3 Å². The fourth-order valence-electron chi connectivity index (χ4n) is 2.67. The predicted molar refractivity (Wildman–Crippen MR) is 62.1 cm³/mol. The first kappa shape index (κ1) is 10.2. The third-order valence-electron chi connectivity index (χ3n) is 3.54. The third kappa shape index (κ3) is 1.55. The number of β-lactam (4-membered cyclic amide) rings is 1. The Morgan fingerprint density at radius 1 is 1.62 bits per heavy atom. The number of thiazole rings is 1. The highest BCUT2D eigenvalue weighted by Crippen LogP contribution is 2.38. The monoisotopic (exact) mass is 237 g/mol. The molecule has 1 unspecified atom stereocenters. The molecular weight excluding hydrogens is 222 g/mol. The van der Waals surface area contributed by atoms with E-state index >= 15 is 0 Å². The number of likely N-dealkylation sites (tertiary alicyclic amines) is 1. The van der Waals surface area contributed by atoms with Gasteiger partial charge in [-0.05, 0) is 19.4 Å². The molecular formula is C11H15N3OS. The minimum atomic E-state index is -0.0665. The van der Waals surface area contributed by atoms with E-state index in [-0.39, 0.29) is 5.41 Å². The maximum absolute atomic E-state index is 12.1. The number of nitrogens with zero attached hydrogens (tertiary/aromatic N) is 2. The highest BCUT2D eigenvalue weighted by Gasteiger charge is 2.51. The van der Waals surface area contributed by atoms with Crippen molar-refractivity contribution in [2.45, 2.75) is 19.4 Å². The van der Waals surface area contributed by atoms with E-state index < -0.39 is 0 Å². The van der Waals surface area contributed by atoms with Crippen LogP contribution in [0.5, 0.6) is 0 Å². The van der Waals surface area contributed by atoms with Crippen molar-refractivity contribution in [3.8, 4) is 0 Å². The van der Waals surface area contributed by atoms with Gasteiger partial charge < -0.3 is 10.2 Å². The van der Waals surface area contributed by atoms with E-state index in [2.05, 4.69) is 10.3 Å². The largest absolute Gasteiger partial charge is 0.336 e. The van der Waals surface area contributed by atoms with Crippen molar-refractivity contribution < 1.29 is 4.79 Å². The summed E-state index contributed by atoms with van der Waals surface area (Å²) < 4.78 is 0. The predicted octanol–water partition coefficient (Wildman–Crippen LogP) is 0.855. The molecule has 1 atom stereocenters. The van der Waals surface area contributed by atoms with Crippen molar-refractivity contribution in [2.75, 3.05) is 19.6 Å². The molecule has 1 spiro atoms. The van der Waals surface area contributed by atoms with Crippen LogP contribution in [0.3, 0.4) is 0 Å². The number of rotatable bonds is 2. The van der Waals surface area contributed by atoms with Gasteiger partial charge in [0.1, 0.15) is 0 Å². The molecule has 2 aliphatic heterocycles. The van der Waals surface area contributed by atoms with Crippen molar-refractivity contribution in [3.63, 3.8) is 0 Å². The summed E-state index contributed by atoms with van der Waals surface area (Å²) in [5.41, 5.74) is 1.75. The molecule has 0 aliphatic carbocycles. The van der Waals surface area contributed by atoms with Crippen LogP contribution in [-0.2, 0) is 11.3 Å². The summed E-state index contributed by atoms with van der Waals surface area (Å²) in [5.74, 6) is 0.327. The summed E-state index contributed by atoms with van der Waals surface area (Å²) in [6, 6.07) is 0. The van der Waals surface area contributed by atoms with E-state index in [1.807, 2.05) is 16.6 Å². The Bertz CT molecular complexity index is 384. The van der Waals surface area contributed by atoms with Crippen LogP contribution in [0.4, 0.5) is 0 Å². The topological polar surface area (TPSA) is 45.2 Å². The molecule has 2 aliphatic rings. The molecule has 0 saturated carbocycles. The van der Waals surface area contributed by atoms with E-state index in [1.165, 1.54) is 4.88 Å². The number of aromatic nitrogens is 1. The summed E-state index contributed by atoms with van der Waals surface area (Å²) in [6.45, 7) is 3.58. The molecule has 0 radical (unpaired) electrons. The van der Waals surface area contributed by atoms with Gasteiger partial charge in [-0.1, -0.05) is 0 Å². The summed E-state index contributed by atoms with van der Waals surface area (Å²) >= 11 is 1.62. The van der Waals surface area contributed by atoms with Gasteiger partial charge in [0.05, 0.1) is 17.5 Å². The summed E-state index contributed by atoms with van der Waals surface area (Å²) in [7, 11) is 0. The zero-order valence-electron chi connectivity index (χ0n) is 9.11. The lowest BCUT2D eigenvalue weighted by Crippen LogP contribution is -2.65. The second-order valence-corrected chi connectivity index (χ2v) is 5.66. The molecule has 1 aromatic rings. The van der Waals surface area contributed by atoms with Gasteiger partial charge in [0.2, 0.25) is 5.91 Å². The zero-order valence-corrected chi connectivity index (χ0v) is 9.92. The van der Waals surface area contributed by atoms with Crippen LogP contribution >= 0.6 is 11.3 Å². The number of hydrogen-bond acceptors (Lipinski definition) is 4. The Kier molecular flexibility index (Phi) is 2.44. The maximum Gasteiger partial charge on any atom is 0.232 e. The molecule has 86 valence electrons. The average molecular weight is 237 g/mol. The quantitative estimate of drug-likeness (QED) is 0.776. The number of nitrogens with one attached hydrogen (secondary N) is 1. The van der Waals surface area contributed by atoms with Crippen LogP contribution in [0.25, 0.3) is 0 Å². The Morgan fingerprint density at radius 2 is 2.56 bits per heavy atom. The summed E-state index contributed by atoms with van der Waals surface area (Å²) in [4.78, 5) is 19.3. The standard InChI is InChI=1S/C11H15N3OS/c15-10-11(2-1-3-12-6-11)7-14(10)5-9-4-13-8-16-9/h4,8,12H,1-3,5-7H2. The minimum Gasteiger partial charge on any atom is -0.336 e. The lowest BCUT2D eigenvalue weighted by atomic mass is 9.73. The lowest BCUT2D eigenvalue weighted by Gasteiger charge is -2.50. The van der Waals surface area contributed by atoms with Crippen molar-refractivity contribution in [3.05, 3.63) is 16.6 Å². The first-order valence-corrected chi connectivity index (χ1v) is 6.56. The molecule has 0 bridgehead atoms. The van der Waals surface area contributed by atoms with Gasteiger partial charge in [-0.25, -0.2) is 0 Å². The number of carbonyl (C=O) groups is 1. The molecule has 3 heterocycles. The summed E-state index contributed by atoms with van der Waals surface area (Å²) in [6.07, 6.45) is 4.03. The second kappa shape index (κ2) is 3.82. The molecule has 4 nitrogen and oxygen atoms in total. The number of carbonyl (C=O) groups excluding carboxylic acids is 1. The van der Waals surface area contributed by atoms with Crippen LogP contribution in [0.15, 0.2) is 11.7 Å². The van der Waals surface area contributed by atoms with Crippen LogP contribution in [0, 0.1) is 5.41 Å². The van der Waals surface area contributed by atoms with E-state index in [9.17, 15) is 4.79 Å². The summed E-state index contributed by atoms with van der Waals surface area (Å²) in [5, 5.41) is 3.33. The number of hydrogen-bond donors (Lipinski definition) is 1. The fourth-order valence-corrected chi connectivity index (χ4v) is 3.28. The van der Waals surface area contributed by atoms with Crippen molar-refractivity contribution in [1.29, 1.82) is 0 Å². The molecule has 2 saturated heterocycles. The third-order valence-corrected chi connectivity index (χ3v) is 4.30. The average Bonchev–Trinajstić information content (AvgIpc) is 2.82. The molecule has 2 fully saturated rings. The van der Waals surface area contributed by atoms with E-state index in [0.717, 1.165) is 39.0 Å². The van der Waals surface area contributed by atoms with Gasteiger partial charge in [-0.2, -0.15) is 0 Å². The molecule has 1 amide bonds. The zero-order chi connectivity index (χ0) is 11.0. The first-order chi connectivity index (χ1) is 7.80. The highest BCUT2D eigenvalue weighted by atomic mass is 32.1. The van der Waals surface area contributed by atoms with E-state index in [1.54, 1.807) is 11.3 Å². The normalized spacial score (nSPS) is 29.5. The fraction of sp³-hybridized carbons (Fsp3) is 0.636. The number of amides is 1. The van der Waals surface area contributed by atoms with E-state index in [0.29, 0.717) is 5.91 Å². The Balaban J connectivity index is 1.63. The lowest BCUT2D eigenvalue weighted by molar-refractivity contribution is -0.163. The van der Waals surface area contributed by atoms with E-state index in [4.69, 9.17) is 0 Å². The first-order valence-electron chi connectivity index (χ1n) is 5.68. The number of piperidine rings is 1. The minimum absolute atomic E-state index is 0.0665. The molecule has 0 aromatic carbocycles. The highest BCUT2D eigenvalue weighted by molar-refractivity contribution is 7.09. The van der Waals surface area contributed by atoms with Gasteiger partial charge in [0.25, 0.3) is 0 Å². The molecule has 16 heavy (non-hydrogen) atoms. The Morgan fingerprint density at radius 3 is 3.19 bits per heavy atom. The molecule has 1 N–H and O–H groups in total. The van der Waals surface area contributed by atoms with Crippen molar-refractivity contribution in [1.82, 2.24) is 15.2 Å². The maximum atomic E-state index is 12.1. The molecule has 5 heteroatoms. The van der Waals surface area contributed by atoms with Crippen LogP contribution in [-0.4, -0.2) is 35.4 Å². The van der Waals surface area contributed by atoms with Gasteiger partial charge in [0.15, 0.2) is 0 Å².